The Labute approximate surface area is 89.2 Å². The van der Waals surface area contributed by atoms with E-state index in [1.54, 1.807) is 18.4 Å². The highest BCUT2D eigenvalue weighted by Gasteiger charge is 2.18. The molecule has 1 aromatic rings. The average molecular weight is 214 g/mol. The smallest absolute Gasteiger partial charge is 0.129 e. The van der Waals surface area contributed by atoms with E-state index in [1.165, 1.54) is 4.88 Å². The van der Waals surface area contributed by atoms with Crippen LogP contribution in [0.1, 0.15) is 31.2 Å². The zero-order valence-electron chi connectivity index (χ0n) is 8.91. The fraction of sp³-hybridized carbons (Fsp3) is 0.600. The first-order valence-corrected chi connectivity index (χ1v) is 5.69. The van der Waals surface area contributed by atoms with Crippen LogP contribution in [0, 0.1) is 5.92 Å². The van der Waals surface area contributed by atoms with Crippen LogP contribution in [-0.4, -0.2) is 7.11 Å². The SMILES string of the molecule is CCC(C)C(NN)c1cc(OC)cs1. The molecule has 0 aliphatic heterocycles. The normalized spacial score (nSPS) is 15.1. The summed E-state index contributed by atoms with van der Waals surface area (Å²) in [7, 11) is 1.68. The Balaban J connectivity index is 2.78. The molecule has 0 aromatic carbocycles. The second kappa shape index (κ2) is 5.34. The second-order valence-corrected chi connectivity index (χ2v) is 4.36. The molecule has 80 valence electrons. The van der Waals surface area contributed by atoms with Gasteiger partial charge >= 0.3 is 0 Å². The number of methoxy groups -OCH3 is 1. The molecule has 0 bridgehead atoms. The van der Waals surface area contributed by atoms with Gasteiger partial charge in [-0.15, -0.1) is 11.3 Å². The predicted octanol–water partition coefficient (Wildman–Crippen LogP) is 2.31. The minimum absolute atomic E-state index is 0.230. The van der Waals surface area contributed by atoms with E-state index in [0.29, 0.717) is 5.92 Å². The lowest BCUT2D eigenvalue weighted by molar-refractivity contribution is 0.385. The highest BCUT2D eigenvalue weighted by atomic mass is 32.1. The van der Waals surface area contributed by atoms with Crippen molar-refractivity contribution < 1.29 is 4.74 Å². The molecule has 2 unspecified atom stereocenters. The Morgan fingerprint density at radius 2 is 2.36 bits per heavy atom. The number of nitrogens with one attached hydrogen (secondary N) is 1. The molecule has 0 aliphatic carbocycles. The van der Waals surface area contributed by atoms with Gasteiger partial charge in [0.1, 0.15) is 5.75 Å². The molecule has 2 atom stereocenters. The van der Waals surface area contributed by atoms with E-state index in [-0.39, 0.29) is 6.04 Å². The minimum Gasteiger partial charge on any atom is -0.496 e. The van der Waals surface area contributed by atoms with Crippen LogP contribution >= 0.6 is 11.3 Å². The summed E-state index contributed by atoms with van der Waals surface area (Å²) in [4.78, 5) is 1.23. The van der Waals surface area contributed by atoms with Crippen molar-refractivity contribution in [2.45, 2.75) is 26.3 Å². The maximum atomic E-state index is 5.55. The van der Waals surface area contributed by atoms with Gasteiger partial charge in [0.05, 0.1) is 13.2 Å². The second-order valence-electron chi connectivity index (χ2n) is 3.42. The van der Waals surface area contributed by atoms with Gasteiger partial charge in [0.25, 0.3) is 0 Å². The molecule has 1 rings (SSSR count). The summed E-state index contributed by atoms with van der Waals surface area (Å²) < 4.78 is 5.14. The Kier molecular flexibility index (Phi) is 4.38. The maximum absolute atomic E-state index is 5.55. The van der Waals surface area contributed by atoms with Gasteiger partial charge in [-0.05, 0) is 12.0 Å². The zero-order valence-corrected chi connectivity index (χ0v) is 9.73. The third-order valence-corrected chi connectivity index (χ3v) is 3.52. The van der Waals surface area contributed by atoms with E-state index in [2.05, 4.69) is 19.3 Å². The van der Waals surface area contributed by atoms with Crippen molar-refractivity contribution in [3.05, 3.63) is 16.3 Å². The van der Waals surface area contributed by atoms with Crippen molar-refractivity contribution in [3.63, 3.8) is 0 Å². The molecule has 1 aromatic heterocycles. The number of hydrazine groups is 1. The molecule has 0 amide bonds. The standard InChI is InChI=1S/C10H18N2OS/c1-4-7(2)10(12-11)9-5-8(13-3)6-14-9/h5-7,10,12H,4,11H2,1-3H3. The summed E-state index contributed by atoms with van der Waals surface area (Å²) in [6, 6.07) is 2.27. The van der Waals surface area contributed by atoms with E-state index >= 15 is 0 Å². The van der Waals surface area contributed by atoms with Gasteiger partial charge in [-0.1, -0.05) is 20.3 Å². The Bertz CT molecular complexity index is 275. The number of rotatable bonds is 5. The summed E-state index contributed by atoms with van der Waals surface area (Å²) in [5.41, 5.74) is 2.86. The van der Waals surface area contributed by atoms with E-state index in [4.69, 9.17) is 10.6 Å². The molecule has 3 nitrogen and oxygen atoms in total. The van der Waals surface area contributed by atoms with Crippen molar-refractivity contribution in [2.75, 3.05) is 7.11 Å². The van der Waals surface area contributed by atoms with Crippen LogP contribution in [0.3, 0.4) is 0 Å². The van der Waals surface area contributed by atoms with Crippen molar-refractivity contribution in [1.82, 2.24) is 5.43 Å². The van der Waals surface area contributed by atoms with Crippen molar-refractivity contribution in [1.29, 1.82) is 0 Å². The number of ether oxygens (including phenoxy) is 1. The van der Waals surface area contributed by atoms with Crippen LogP contribution in [0.25, 0.3) is 0 Å². The molecule has 0 saturated heterocycles. The molecular weight excluding hydrogens is 196 g/mol. The van der Waals surface area contributed by atoms with Gasteiger partial charge in [-0.3, -0.25) is 11.3 Å². The number of nitrogens with two attached hydrogens (primary N) is 1. The van der Waals surface area contributed by atoms with Crippen LogP contribution in [0.4, 0.5) is 0 Å². The average Bonchev–Trinajstić information content (AvgIpc) is 2.67. The van der Waals surface area contributed by atoms with Gasteiger partial charge in [-0.25, -0.2) is 0 Å². The lowest BCUT2D eigenvalue weighted by atomic mass is 9.98. The lowest BCUT2D eigenvalue weighted by Crippen LogP contribution is -2.31. The van der Waals surface area contributed by atoms with Crippen LogP contribution < -0.4 is 16.0 Å². The van der Waals surface area contributed by atoms with Crippen molar-refractivity contribution in [3.8, 4) is 5.75 Å². The summed E-state index contributed by atoms with van der Waals surface area (Å²) in [6.45, 7) is 4.36. The van der Waals surface area contributed by atoms with Gasteiger partial charge < -0.3 is 4.74 Å². The lowest BCUT2D eigenvalue weighted by Gasteiger charge is -2.20. The van der Waals surface area contributed by atoms with Crippen LogP contribution in [0.15, 0.2) is 11.4 Å². The van der Waals surface area contributed by atoms with Gasteiger partial charge in [0.15, 0.2) is 0 Å². The zero-order chi connectivity index (χ0) is 10.6. The molecule has 4 heteroatoms. The summed E-state index contributed by atoms with van der Waals surface area (Å²) in [5, 5.41) is 2.00. The summed E-state index contributed by atoms with van der Waals surface area (Å²) in [6.07, 6.45) is 1.11. The molecule has 0 radical (unpaired) electrons. The van der Waals surface area contributed by atoms with E-state index in [0.717, 1.165) is 12.2 Å². The molecule has 0 aliphatic rings. The number of thiophene rings is 1. The molecule has 3 N–H and O–H groups in total. The molecular formula is C10H18N2OS. The summed E-state index contributed by atoms with van der Waals surface area (Å²) in [5.74, 6) is 6.99. The minimum atomic E-state index is 0.230. The van der Waals surface area contributed by atoms with E-state index in [9.17, 15) is 0 Å². The highest BCUT2D eigenvalue weighted by Crippen LogP contribution is 2.31. The Hall–Kier alpha value is -0.580. The van der Waals surface area contributed by atoms with Crippen LogP contribution in [0.2, 0.25) is 0 Å². The fourth-order valence-corrected chi connectivity index (χ4v) is 2.41. The fourth-order valence-electron chi connectivity index (χ4n) is 1.37. The van der Waals surface area contributed by atoms with Gasteiger partial charge in [0.2, 0.25) is 0 Å². The van der Waals surface area contributed by atoms with E-state index < -0.39 is 0 Å². The van der Waals surface area contributed by atoms with Crippen molar-refractivity contribution in [2.24, 2.45) is 11.8 Å². The highest BCUT2D eigenvalue weighted by molar-refractivity contribution is 7.10. The first-order valence-electron chi connectivity index (χ1n) is 4.81. The van der Waals surface area contributed by atoms with Crippen LogP contribution in [-0.2, 0) is 0 Å². The molecule has 14 heavy (non-hydrogen) atoms. The molecule has 0 fully saturated rings. The first kappa shape index (κ1) is 11.5. The molecule has 0 saturated carbocycles. The Morgan fingerprint density at radius 3 is 2.79 bits per heavy atom. The number of hydrogen-bond donors (Lipinski definition) is 2. The van der Waals surface area contributed by atoms with Gasteiger partial charge in [-0.2, -0.15) is 0 Å². The summed E-state index contributed by atoms with van der Waals surface area (Å²) >= 11 is 1.68. The first-order chi connectivity index (χ1) is 6.72. The Morgan fingerprint density at radius 1 is 1.64 bits per heavy atom. The van der Waals surface area contributed by atoms with Crippen LogP contribution in [0.5, 0.6) is 5.75 Å². The third-order valence-electron chi connectivity index (χ3n) is 2.53. The van der Waals surface area contributed by atoms with E-state index in [1.807, 2.05) is 11.4 Å². The van der Waals surface area contributed by atoms with Crippen molar-refractivity contribution >= 4 is 11.3 Å². The largest absolute Gasteiger partial charge is 0.496 e. The number of hydrogen-bond acceptors (Lipinski definition) is 4. The quantitative estimate of drug-likeness (QED) is 0.584. The molecule has 1 heterocycles. The topological polar surface area (TPSA) is 47.3 Å². The van der Waals surface area contributed by atoms with Gasteiger partial charge in [0, 0.05) is 10.3 Å². The third kappa shape index (κ3) is 2.47. The molecule has 0 spiro atoms. The maximum Gasteiger partial charge on any atom is 0.129 e. The monoisotopic (exact) mass is 214 g/mol. The predicted molar refractivity (Wildman–Crippen MR) is 60.4 cm³/mol.